The number of hydrogen-bond acceptors (Lipinski definition) is 2. The van der Waals surface area contributed by atoms with Crippen LogP contribution in [0.15, 0.2) is 36.9 Å². The maximum Gasteiger partial charge on any atom is 0.522 e. The van der Waals surface area contributed by atoms with E-state index in [1.807, 2.05) is 43.3 Å². The van der Waals surface area contributed by atoms with E-state index in [0.29, 0.717) is 25.9 Å². The summed E-state index contributed by atoms with van der Waals surface area (Å²) in [6.07, 6.45) is 2.81. The van der Waals surface area contributed by atoms with Gasteiger partial charge in [0.25, 0.3) is 0 Å². The van der Waals surface area contributed by atoms with Gasteiger partial charge < -0.3 is 4.74 Å². The predicted molar refractivity (Wildman–Crippen MR) is 86.1 cm³/mol. The fraction of sp³-hybridized carbons (Fsp3) is 0.444. The van der Waals surface area contributed by atoms with Gasteiger partial charge in [0.1, 0.15) is 0 Å². The Morgan fingerprint density at radius 3 is 2.39 bits per heavy atom. The molecule has 23 heavy (non-hydrogen) atoms. The number of allylic oxidation sites excluding steroid dienone is 1. The molecule has 0 aliphatic carbocycles. The van der Waals surface area contributed by atoms with Crippen molar-refractivity contribution in [1.29, 1.82) is 0 Å². The van der Waals surface area contributed by atoms with Crippen molar-refractivity contribution in [3.05, 3.63) is 47.4 Å². The van der Waals surface area contributed by atoms with Crippen LogP contribution in [0, 0.1) is 0 Å². The lowest BCUT2D eigenvalue weighted by molar-refractivity contribution is -0.324. The molecule has 0 spiro atoms. The van der Waals surface area contributed by atoms with Crippen molar-refractivity contribution in [2.75, 3.05) is 13.2 Å². The molecule has 0 amide bonds. The standard InChI is InChI=1S/C18H23F3O2/c1-3-9-16-10-5-6-11-17(16)14-15(2)22-12-7-4-8-13-23-18(19,20)21/h3,5-6,9-11,14-15H,1,4,7-8,12-13H2,2H3/b16-9-,17-14-. The molecule has 0 saturated heterocycles. The first-order chi connectivity index (χ1) is 10.9. The molecule has 128 valence electrons. The van der Waals surface area contributed by atoms with E-state index in [1.165, 1.54) is 0 Å². The van der Waals surface area contributed by atoms with Crippen molar-refractivity contribution in [2.24, 2.45) is 0 Å². The molecule has 0 aliphatic heterocycles. The summed E-state index contributed by atoms with van der Waals surface area (Å²) in [5.41, 5.74) is 0. The van der Waals surface area contributed by atoms with E-state index in [-0.39, 0.29) is 12.7 Å². The highest BCUT2D eigenvalue weighted by atomic mass is 19.4. The second-order valence-corrected chi connectivity index (χ2v) is 5.13. The molecule has 0 saturated carbocycles. The van der Waals surface area contributed by atoms with E-state index in [4.69, 9.17) is 4.74 Å². The Bertz CT molecular complexity index is 579. The molecule has 0 N–H and O–H groups in total. The van der Waals surface area contributed by atoms with Gasteiger partial charge >= 0.3 is 6.36 Å². The predicted octanol–water partition coefficient (Wildman–Crippen LogP) is 3.55. The SMILES string of the molecule is C=C/C=c1/cccc/c1=C/C(C)OCCCCCOC(F)(F)F. The summed E-state index contributed by atoms with van der Waals surface area (Å²) >= 11 is 0. The third kappa shape index (κ3) is 9.21. The van der Waals surface area contributed by atoms with E-state index >= 15 is 0 Å². The average Bonchev–Trinajstić information content (AvgIpc) is 2.47. The van der Waals surface area contributed by atoms with Crippen molar-refractivity contribution in [1.82, 2.24) is 0 Å². The summed E-state index contributed by atoms with van der Waals surface area (Å²) in [6.45, 7) is 5.85. The number of alkyl halides is 3. The second-order valence-electron chi connectivity index (χ2n) is 5.13. The lowest BCUT2D eigenvalue weighted by Gasteiger charge is -2.09. The van der Waals surface area contributed by atoms with E-state index in [9.17, 15) is 13.2 Å². The minimum atomic E-state index is -4.53. The minimum Gasteiger partial charge on any atom is -0.374 e. The fourth-order valence-electron chi connectivity index (χ4n) is 2.08. The van der Waals surface area contributed by atoms with Gasteiger partial charge in [-0.05, 0) is 42.7 Å². The van der Waals surface area contributed by atoms with Gasteiger partial charge in [0, 0.05) is 6.61 Å². The van der Waals surface area contributed by atoms with Crippen LogP contribution in [0.1, 0.15) is 26.2 Å². The molecule has 0 bridgehead atoms. The molecular weight excluding hydrogens is 305 g/mol. The number of rotatable bonds is 9. The summed E-state index contributed by atoms with van der Waals surface area (Å²) in [5, 5.41) is 2.14. The van der Waals surface area contributed by atoms with Gasteiger partial charge in [-0.3, -0.25) is 4.74 Å². The monoisotopic (exact) mass is 328 g/mol. The van der Waals surface area contributed by atoms with Crippen LogP contribution in [0.4, 0.5) is 13.2 Å². The van der Waals surface area contributed by atoms with Crippen molar-refractivity contribution < 1.29 is 22.6 Å². The molecule has 1 unspecified atom stereocenters. The molecular formula is C18H23F3O2. The van der Waals surface area contributed by atoms with Gasteiger partial charge in [-0.2, -0.15) is 0 Å². The van der Waals surface area contributed by atoms with E-state index in [0.717, 1.165) is 10.4 Å². The molecule has 0 fully saturated rings. The number of benzene rings is 1. The van der Waals surface area contributed by atoms with Crippen molar-refractivity contribution in [3.8, 4) is 0 Å². The van der Waals surface area contributed by atoms with Gasteiger partial charge in [0.15, 0.2) is 0 Å². The Kier molecular flexibility index (Phi) is 8.66. The highest BCUT2D eigenvalue weighted by Crippen LogP contribution is 2.16. The molecule has 2 nitrogen and oxygen atoms in total. The van der Waals surface area contributed by atoms with Crippen LogP contribution in [-0.4, -0.2) is 25.7 Å². The molecule has 1 aromatic rings. The number of hydrogen-bond donors (Lipinski definition) is 0. The molecule has 0 radical (unpaired) electrons. The van der Waals surface area contributed by atoms with Crippen LogP contribution in [0.25, 0.3) is 12.2 Å². The molecule has 0 aromatic heterocycles. The normalized spacial score (nSPS) is 15.0. The average molecular weight is 328 g/mol. The fourth-order valence-corrected chi connectivity index (χ4v) is 2.08. The number of ether oxygens (including phenoxy) is 2. The summed E-state index contributed by atoms with van der Waals surface area (Å²) < 4.78 is 44.7. The van der Waals surface area contributed by atoms with Crippen LogP contribution in [0.5, 0.6) is 0 Å². The first kappa shape index (κ1) is 19.5. The zero-order valence-electron chi connectivity index (χ0n) is 13.3. The Labute approximate surface area is 134 Å². The van der Waals surface area contributed by atoms with Crippen molar-refractivity contribution >= 4 is 12.2 Å². The first-order valence-electron chi connectivity index (χ1n) is 7.64. The van der Waals surface area contributed by atoms with Crippen LogP contribution in [-0.2, 0) is 9.47 Å². The van der Waals surface area contributed by atoms with Gasteiger partial charge in [-0.1, -0.05) is 43.0 Å². The Morgan fingerprint density at radius 2 is 1.74 bits per heavy atom. The third-order valence-electron chi connectivity index (χ3n) is 3.14. The molecule has 1 rings (SSSR count). The Hall–Kier alpha value is -1.59. The van der Waals surface area contributed by atoms with Crippen LogP contribution in [0.2, 0.25) is 0 Å². The summed E-state index contributed by atoms with van der Waals surface area (Å²) in [4.78, 5) is 0. The van der Waals surface area contributed by atoms with E-state index < -0.39 is 6.36 Å². The zero-order chi connectivity index (χ0) is 17.1. The Balaban J connectivity index is 2.33. The van der Waals surface area contributed by atoms with Crippen LogP contribution in [0.3, 0.4) is 0 Å². The van der Waals surface area contributed by atoms with Crippen molar-refractivity contribution in [2.45, 2.75) is 38.7 Å². The second kappa shape index (κ2) is 10.2. The van der Waals surface area contributed by atoms with E-state index in [1.54, 1.807) is 6.08 Å². The van der Waals surface area contributed by atoms with Gasteiger partial charge in [0.2, 0.25) is 0 Å². The highest BCUT2D eigenvalue weighted by Gasteiger charge is 2.28. The Morgan fingerprint density at radius 1 is 1.09 bits per heavy atom. The van der Waals surface area contributed by atoms with Crippen LogP contribution < -0.4 is 10.4 Å². The van der Waals surface area contributed by atoms with Gasteiger partial charge in [0.05, 0.1) is 12.7 Å². The number of unbranched alkanes of at least 4 members (excludes halogenated alkanes) is 2. The zero-order valence-corrected chi connectivity index (χ0v) is 13.3. The first-order valence-corrected chi connectivity index (χ1v) is 7.64. The quantitative estimate of drug-likeness (QED) is 0.646. The molecule has 1 atom stereocenters. The smallest absolute Gasteiger partial charge is 0.374 e. The third-order valence-corrected chi connectivity index (χ3v) is 3.14. The maximum atomic E-state index is 11.8. The minimum absolute atomic E-state index is 0.0687. The topological polar surface area (TPSA) is 18.5 Å². The van der Waals surface area contributed by atoms with Crippen molar-refractivity contribution in [3.63, 3.8) is 0 Å². The summed E-state index contributed by atoms with van der Waals surface area (Å²) in [6, 6.07) is 7.92. The maximum absolute atomic E-state index is 11.8. The molecule has 0 aliphatic rings. The molecule has 5 heteroatoms. The molecule has 1 aromatic carbocycles. The number of halogens is 3. The largest absolute Gasteiger partial charge is 0.522 e. The summed E-state index contributed by atoms with van der Waals surface area (Å²) in [5.74, 6) is 0. The molecule has 0 heterocycles. The lowest BCUT2D eigenvalue weighted by atomic mass is 10.2. The lowest BCUT2D eigenvalue weighted by Crippen LogP contribution is -2.26. The van der Waals surface area contributed by atoms with Gasteiger partial charge in [-0.25, -0.2) is 0 Å². The van der Waals surface area contributed by atoms with E-state index in [2.05, 4.69) is 11.3 Å². The van der Waals surface area contributed by atoms with Gasteiger partial charge in [-0.15, -0.1) is 13.2 Å². The highest BCUT2D eigenvalue weighted by molar-refractivity contribution is 5.39. The van der Waals surface area contributed by atoms with Crippen LogP contribution >= 0.6 is 0 Å². The summed E-state index contributed by atoms with van der Waals surface area (Å²) in [7, 11) is 0.